The van der Waals surface area contributed by atoms with Gasteiger partial charge in [0, 0.05) is 13.5 Å². The van der Waals surface area contributed by atoms with E-state index in [1.54, 1.807) is 12.1 Å². The van der Waals surface area contributed by atoms with Crippen molar-refractivity contribution in [3.8, 4) is 0 Å². The minimum Gasteiger partial charge on any atom is -0.480 e. The van der Waals surface area contributed by atoms with Crippen molar-refractivity contribution in [2.75, 3.05) is 7.05 Å². The Labute approximate surface area is 139 Å². The summed E-state index contributed by atoms with van der Waals surface area (Å²) >= 11 is 0. The van der Waals surface area contributed by atoms with Crippen LogP contribution < -0.4 is 0 Å². The minimum absolute atomic E-state index is 0.0621. The van der Waals surface area contributed by atoms with Gasteiger partial charge in [0.1, 0.15) is 18.5 Å². The molecule has 0 saturated carbocycles. The highest BCUT2D eigenvalue weighted by Crippen LogP contribution is 2.12. The van der Waals surface area contributed by atoms with Crippen LogP contribution >= 0.6 is 0 Å². The molecule has 2 aromatic rings. The van der Waals surface area contributed by atoms with Gasteiger partial charge in [0.2, 0.25) is 0 Å². The maximum Gasteiger partial charge on any atom is 0.410 e. The van der Waals surface area contributed by atoms with Crippen LogP contribution in [0.1, 0.15) is 11.1 Å². The SMILES string of the molecule is CN(C(=O)OCc1ccccc1)C(Cc1ccc(F)cc1)C(=O)O. The Balaban J connectivity index is 1.99. The number of carboxylic acids is 1. The lowest BCUT2D eigenvalue weighted by atomic mass is 10.1. The topological polar surface area (TPSA) is 66.8 Å². The van der Waals surface area contributed by atoms with Crippen molar-refractivity contribution >= 4 is 12.1 Å². The lowest BCUT2D eigenvalue weighted by Gasteiger charge is -2.24. The molecule has 2 aromatic carbocycles. The molecule has 1 amide bonds. The molecule has 5 nitrogen and oxygen atoms in total. The second kappa shape index (κ2) is 8.10. The van der Waals surface area contributed by atoms with E-state index in [9.17, 15) is 19.1 Å². The van der Waals surface area contributed by atoms with Crippen molar-refractivity contribution in [3.05, 3.63) is 71.5 Å². The largest absolute Gasteiger partial charge is 0.480 e. The molecule has 1 atom stereocenters. The molecule has 1 unspecified atom stereocenters. The molecular weight excluding hydrogens is 313 g/mol. The number of carboxylic acid groups (broad SMARTS) is 1. The number of aliphatic carboxylic acids is 1. The van der Waals surface area contributed by atoms with Gasteiger partial charge in [-0.25, -0.2) is 14.0 Å². The van der Waals surface area contributed by atoms with Crippen molar-refractivity contribution < 1.29 is 23.8 Å². The molecule has 0 spiro atoms. The van der Waals surface area contributed by atoms with E-state index in [0.717, 1.165) is 10.5 Å². The molecule has 0 aliphatic carbocycles. The molecule has 0 bridgehead atoms. The molecule has 2 rings (SSSR count). The quantitative estimate of drug-likeness (QED) is 0.883. The van der Waals surface area contributed by atoms with Crippen LogP contribution in [-0.2, 0) is 22.6 Å². The molecule has 126 valence electrons. The first-order valence-corrected chi connectivity index (χ1v) is 7.38. The summed E-state index contributed by atoms with van der Waals surface area (Å²) in [5.41, 5.74) is 1.43. The third-order valence-corrected chi connectivity index (χ3v) is 3.59. The zero-order chi connectivity index (χ0) is 17.5. The average Bonchev–Trinajstić information content (AvgIpc) is 2.59. The maximum atomic E-state index is 12.9. The Kier molecular flexibility index (Phi) is 5.89. The van der Waals surface area contributed by atoms with Crippen LogP contribution in [0.4, 0.5) is 9.18 Å². The van der Waals surface area contributed by atoms with Crippen molar-refractivity contribution in [2.24, 2.45) is 0 Å². The van der Waals surface area contributed by atoms with Crippen LogP contribution in [0.25, 0.3) is 0 Å². The number of halogens is 1. The van der Waals surface area contributed by atoms with Crippen LogP contribution in [-0.4, -0.2) is 35.2 Å². The number of benzene rings is 2. The van der Waals surface area contributed by atoms with Gasteiger partial charge < -0.3 is 9.84 Å². The van der Waals surface area contributed by atoms with Gasteiger partial charge in [-0.1, -0.05) is 42.5 Å². The molecule has 24 heavy (non-hydrogen) atoms. The molecule has 1 N–H and O–H groups in total. The van der Waals surface area contributed by atoms with Gasteiger partial charge in [-0.15, -0.1) is 0 Å². The number of amides is 1. The molecular formula is C18H18FNO4. The van der Waals surface area contributed by atoms with Gasteiger partial charge in [-0.2, -0.15) is 0 Å². The van der Waals surface area contributed by atoms with E-state index in [-0.39, 0.29) is 13.0 Å². The highest BCUT2D eigenvalue weighted by atomic mass is 19.1. The second-order valence-electron chi connectivity index (χ2n) is 5.34. The summed E-state index contributed by atoms with van der Waals surface area (Å²) in [6, 6.07) is 13.5. The zero-order valence-corrected chi connectivity index (χ0v) is 13.2. The smallest absolute Gasteiger partial charge is 0.410 e. The van der Waals surface area contributed by atoms with E-state index in [1.807, 2.05) is 18.2 Å². The zero-order valence-electron chi connectivity index (χ0n) is 13.2. The number of carbonyl (C=O) groups is 2. The van der Waals surface area contributed by atoms with Gasteiger partial charge in [0.05, 0.1) is 0 Å². The fourth-order valence-electron chi connectivity index (χ4n) is 2.18. The Morgan fingerprint density at radius 3 is 2.29 bits per heavy atom. The van der Waals surface area contributed by atoms with Gasteiger partial charge >= 0.3 is 12.1 Å². The van der Waals surface area contributed by atoms with E-state index >= 15 is 0 Å². The van der Waals surface area contributed by atoms with E-state index in [0.29, 0.717) is 5.56 Å². The van der Waals surface area contributed by atoms with Crippen molar-refractivity contribution in [2.45, 2.75) is 19.1 Å². The summed E-state index contributed by atoms with van der Waals surface area (Å²) in [6.07, 6.45) is -0.666. The number of nitrogens with zero attached hydrogens (tertiary/aromatic N) is 1. The number of ether oxygens (including phenoxy) is 1. The monoisotopic (exact) mass is 331 g/mol. The van der Waals surface area contributed by atoms with Gasteiger partial charge in [-0.3, -0.25) is 4.90 Å². The molecule has 0 fully saturated rings. The minimum atomic E-state index is -1.15. The summed E-state index contributed by atoms with van der Waals surface area (Å²) in [6.45, 7) is 0.0624. The summed E-state index contributed by atoms with van der Waals surface area (Å²) in [5.74, 6) is -1.56. The maximum absolute atomic E-state index is 12.9. The molecule has 6 heteroatoms. The third-order valence-electron chi connectivity index (χ3n) is 3.59. The molecule has 0 aliphatic heterocycles. The Hall–Kier alpha value is -2.89. The van der Waals surface area contributed by atoms with E-state index in [2.05, 4.69) is 0 Å². The van der Waals surface area contributed by atoms with E-state index in [4.69, 9.17) is 4.74 Å². The Bertz CT molecular complexity index is 688. The lowest BCUT2D eigenvalue weighted by molar-refractivity contribution is -0.142. The standard InChI is InChI=1S/C18H18FNO4/c1-20(18(23)24-12-14-5-3-2-4-6-14)16(17(21)22)11-13-7-9-15(19)10-8-13/h2-10,16H,11-12H2,1H3,(H,21,22). The van der Waals surface area contributed by atoms with E-state index < -0.39 is 23.9 Å². The highest BCUT2D eigenvalue weighted by Gasteiger charge is 2.27. The first kappa shape index (κ1) is 17.5. The van der Waals surface area contributed by atoms with Gasteiger partial charge in [-0.05, 0) is 23.3 Å². The molecule has 0 saturated heterocycles. The van der Waals surface area contributed by atoms with Crippen LogP contribution in [0.2, 0.25) is 0 Å². The highest BCUT2D eigenvalue weighted by molar-refractivity contribution is 5.80. The molecule has 0 aromatic heterocycles. The molecule has 0 heterocycles. The van der Waals surface area contributed by atoms with Crippen LogP contribution in [0.5, 0.6) is 0 Å². The summed E-state index contributed by atoms with van der Waals surface area (Å²) in [5, 5.41) is 9.37. The number of hydrogen-bond donors (Lipinski definition) is 1. The summed E-state index contributed by atoms with van der Waals surface area (Å²) in [4.78, 5) is 24.6. The number of carbonyl (C=O) groups excluding carboxylic acids is 1. The van der Waals surface area contributed by atoms with E-state index in [1.165, 1.54) is 31.3 Å². The third kappa shape index (κ3) is 4.81. The van der Waals surface area contributed by atoms with Crippen LogP contribution in [0, 0.1) is 5.82 Å². The first-order chi connectivity index (χ1) is 11.5. The number of hydrogen-bond acceptors (Lipinski definition) is 3. The fraction of sp³-hybridized carbons (Fsp3) is 0.222. The number of rotatable bonds is 6. The van der Waals surface area contributed by atoms with Crippen LogP contribution in [0.15, 0.2) is 54.6 Å². The van der Waals surface area contributed by atoms with Crippen molar-refractivity contribution in [3.63, 3.8) is 0 Å². The predicted octanol–water partition coefficient (Wildman–Crippen LogP) is 3.09. The van der Waals surface area contributed by atoms with Crippen molar-refractivity contribution in [1.29, 1.82) is 0 Å². The van der Waals surface area contributed by atoms with Gasteiger partial charge in [0.15, 0.2) is 0 Å². The summed E-state index contributed by atoms with van der Waals surface area (Å²) in [7, 11) is 1.37. The molecule has 0 radical (unpaired) electrons. The van der Waals surface area contributed by atoms with Gasteiger partial charge in [0.25, 0.3) is 0 Å². The first-order valence-electron chi connectivity index (χ1n) is 7.38. The second-order valence-corrected chi connectivity index (χ2v) is 5.34. The fourth-order valence-corrected chi connectivity index (χ4v) is 2.18. The molecule has 0 aliphatic rings. The average molecular weight is 331 g/mol. The summed E-state index contributed by atoms with van der Waals surface area (Å²) < 4.78 is 18.1. The predicted molar refractivity (Wildman–Crippen MR) is 85.9 cm³/mol. The lowest BCUT2D eigenvalue weighted by Crippen LogP contribution is -2.44. The normalized spacial score (nSPS) is 11.6. The Morgan fingerprint density at radius 1 is 1.08 bits per heavy atom. The van der Waals surface area contributed by atoms with Crippen LogP contribution in [0.3, 0.4) is 0 Å². The Morgan fingerprint density at radius 2 is 1.71 bits per heavy atom. The number of likely N-dealkylation sites (N-methyl/N-ethyl adjacent to an activating group) is 1. The van der Waals surface area contributed by atoms with Crippen molar-refractivity contribution in [1.82, 2.24) is 4.90 Å².